The van der Waals surface area contributed by atoms with Gasteiger partial charge in [0.25, 0.3) is 0 Å². The monoisotopic (exact) mass is 245 g/mol. The molecule has 0 saturated heterocycles. The van der Waals surface area contributed by atoms with Crippen molar-refractivity contribution >= 4 is 0 Å². The lowest BCUT2D eigenvalue weighted by Gasteiger charge is -2.27. The van der Waals surface area contributed by atoms with Gasteiger partial charge in [-0.05, 0) is 24.8 Å². The second-order valence-electron chi connectivity index (χ2n) is 5.78. The molecule has 0 aromatic heterocycles. The lowest BCUT2D eigenvalue weighted by molar-refractivity contribution is 0.269. The summed E-state index contributed by atoms with van der Waals surface area (Å²) in [5, 5.41) is 0. The van der Waals surface area contributed by atoms with E-state index in [1.165, 1.54) is 44.1 Å². The van der Waals surface area contributed by atoms with E-state index in [1.807, 2.05) is 6.07 Å². The Morgan fingerprint density at radius 3 is 2.56 bits per heavy atom. The average molecular weight is 245 g/mol. The van der Waals surface area contributed by atoms with Gasteiger partial charge in [-0.15, -0.1) is 0 Å². The maximum absolute atomic E-state index is 6.56. The Morgan fingerprint density at radius 2 is 1.78 bits per heavy atom. The Labute approximate surface area is 110 Å². The number of benzene rings is 1. The van der Waals surface area contributed by atoms with Crippen molar-refractivity contribution in [3.63, 3.8) is 0 Å². The van der Waals surface area contributed by atoms with E-state index < -0.39 is 0 Å². The minimum absolute atomic E-state index is 0.270. The second kappa shape index (κ2) is 5.31. The third kappa shape index (κ3) is 2.26. The summed E-state index contributed by atoms with van der Waals surface area (Å²) in [4.78, 5) is 0. The Morgan fingerprint density at radius 1 is 1.06 bits per heavy atom. The zero-order valence-electron chi connectivity index (χ0n) is 11.0. The van der Waals surface area contributed by atoms with Crippen LogP contribution < -0.4 is 10.5 Å². The Kier molecular flexibility index (Phi) is 3.55. The van der Waals surface area contributed by atoms with Crippen molar-refractivity contribution in [1.82, 2.24) is 0 Å². The van der Waals surface area contributed by atoms with Gasteiger partial charge in [-0.3, -0.25) is 0 Å². The number of ether oxygens (including phenoxy) is 1. The van der Waals surface area contributed by atoms with Crippen LogP contribution in [0.4, 0.5) is 0 Å². The molecule has 3 rings (SSSR count). The summed E-state index contributed by atoms with van der Waals surface area (Å²) in [6.45, 7) is 0.775. The SMILES string of the molecule is NC(C1CCCCCC1)C1COc2ccccc21. The summed E-state index contributed by atoms with van der Waals surface area (Å²) in [6.07, 6.45) is 8.10. The molecule has 0 spiro atoms. The lowest BCUT2D eigenvalue weighted by atomic mass is 9.82. The molecular formula is C16H23NO. The van der Waals surface area contributed by atoms with Crippen molar-refractivity contribution in [2.45, 2.75) is 50.5 Å². The van der Waals surface area contributed by atoms with E-state index >= 15 is 0 Å². The van der Waals surface area contributed by atoms with Crippen LogP contribution >= 0.6 is 0 Å². The topological polar surface area (TPSA) is 35.2 Å². The Balaban J connectivity index is 1.75. The van der Waals surface area contributed by atoms with Crippen molar-refractivity contribution in [3.05, 3.63) is 29.8 Å². The summed E-state index contributed by atoms with van der Waals surface area (Å²) in [7, 11) is 0. The van der Waals surface area contributed by atoms with Crippen LogP contribution in [0.1, 0.15) is 50.0 Å². The summed E-state index contributed by atoms with van der Waals surface area (Å²) in [6, 6.07) is 8.66. The lowest BCUT2D eigenvalue weighted by Crippen LogP contribution is -2.37. The van der Waals surface area contributed by atoms with Crippen molar-refractivity contribution in [1.29, 1.82) is 0 Å². The molecule has 2 aliphatic rings. The molecule has 18 heavy (non-hydrogen) atoms. The van der Waals surface area contributed by atoms with E-state index in [1.54, 1.807) is 0 Å². The second-order valence-corrected chi connectivity index (χ2v) is 5.78. The molecule has 2 nitrogen and oxygen atoms in total. The fourth-order valence-electron chi connectivity index (χ4n) is 3.53. The van der Waals surface area contributed by atoms with E-state index in [9.17, 15) is 0 Å². The predicted octanol–water partition coefficient (Wildman–Crippen LogP) is 3.46. The van der Waals surface area contributed by atoms with Gasteiger partial charge in [0.1, 0.15) is 5.75 Å². The van der Waals surface area contributed by atoms with Gasteiger partial charge < -0.3 is 10.5 Å². The van der Waals surface area contributed by atoms with Crippen LogP contribution in [0.2, 0.25) is 0 Å². The predicted molar refractivity (Wildman–Crippen MR) is 73.8 cm³/mol. The Bertz CT molecular complexity index is 396. The molecule has 98 valence electrons. The van der Waals surface area contributed by atoms with Crippen molar-refractivity contribution < 1.29 is 4.74 Å². The average Bonchev–Trinajstić information content (AvgIpc) is 2.65. The van der Waals surface area contributed by atoms with Gasteiger partial charge in [-0.2, -0.15) is 0 Å². The molecule has 1 aliphatic heterocycles. The van der Waals surface area contributed by atoms with Crippen molar-refractivity contribution in [2.75, 3.05) is 6.61 Å². The molecule has 0 radical (unpaired) electrons. The fourth-order valence-corrected chi connectivity index (χ4v) is 3.53. The van der Waals surface area contributed by atoms with E-state index in [4.69, 9.17) is 10.5 Å². The van der Waals surface area contributed by atoms with Crippen LogP contribution in [0.25, 0.3) is 0 Å². The first-order valence-electron chi connectivity index (χ1n) is 7.33. The number of fused-ring (bicyclic) bond motifs is 1. The minimum atomic E-state index is 0.270. The third-order valence-corrected chi connectivity index (χ3v) is 4.65. The van der Waals surface area contributed by atoms with Crippen molar-refractivity contribution in [2.24, 2.45) is 11.7 Å². The van der Waals surface area contributed by atoms with E-state index in [-0.39, 0.29) is 6.04 Å². The summed E-state index contributed by atoms with van der Waals surface area (Å²) >= 11 is 0. The van der Waals surface area contributed by atoms with Gasteiger partial charge in [-0.25, -0.2) is 0 Å². The molecule has 2 N–H and O–H groups in total. The highest BCUT2D eigenvalue weighted by atomic mass is 16.5. The molecule has 1 aromatic rings. The first-order valence-corrected chi connectivity index (χ1v) is 7.33. The molecule has 2 atom stereocenters. The zero-order chi connectivity index (χ0) is 12.4. The Hall–Kier alpha value is -1.02. The van der Waals surface area contributed by atoms with Crippen LogP contribution in [0.15, 0.2) is 24.3 Å². The molecule has 1 aliphatic carbocycles. The van der Waals surface area contributed by atoms with Gasteiger partial charge in [0.15, 0.2) is 0 Å². The number of rotatable bonds is 2. The van der Waals surface area contributed by atoms with E-state index in [0.29, 0.717) is 11.8 Å². The van der Waals surface area contributed by atoms with Gasteiger partial charge >= 0.3 is 0 Å². The molecule has 0 amide bonds. The van der Waals surface area contributed by atoms with Gasteiger partial charge in [0.05, 0.1) is 6.61 Å². The summed E-state index contributed by atoms with van der Waals surface area (Å²) in [5.74, 6) is 2.14. The molecule has 1 saturated carbocycles. The van der Waals surface area contributed by atoms with Gasteiger partial charge in [0, 0.05) is 17.5 Å². The van der Waals surface area contributed by atoms with Crippen molar-refractivity contribution in [3.8, 4) is 5.75 Å². The quantitative estimate of drug-likeness (QED) is 0.810. The fraction of sp³-hybridized carbons (Fsp3) is 0.625. The molecule has 2 heteroatoms. The highest BCUT2D eigenvalue weighted by Crippen LogP contribution is 2.39. The first-order chi connectivity index (χ1) is 8.86. The first kappa shape index (κ1) is 12.0. The standard InChI is InChI=1S/C16H23NO/c17-16(12-7-3-1-2-4-8-12)14-11-18-15-10-6-5-9-13(14)15/h5-6,9-10,12,14,16H,1-4,7-8,11,17H2. The smallest absolute Gasteiger partial charge is 0.122 e. The summed E-state index contributed by atoms with van der Waals surface area (Å²) < 4.78 is 5.77. The van der Waals surface area contributed by atoms with Crippen LogP contribution in [0.3, 0.4) is 0 Å². The maximum Gasteiger partial charge on any atom is 0.122 e. The van der Waals surface area contributed by atoms with Gasteiger partial charge in [0.2, 0.25) is 0 Å². The highest BCUT2D eigenvalue weighted by Gasteiger charge is 2.33. The normalized spacial score (nSPS) is 26.2. The zero-order valence-corrected chi connectivity index (χ0v) is 11.0. The van der Waals surface area contributed by atoms with E-state index in [0.717, 1.165) is 12.4 Å². The van der Waals surface area contributed by atoms with Crippen LogP contribution in [0, 0.1) is 5.92 Å². The van der Waals surface area contributed by atoms with Crippen LogP contribution in [-0.4, -0.2) is 12.6 Å². The third-order valence-electron chi connectivity index (χ3n) is 4.65. The molecular weight excluding hydrogens is 222 g/mol. The van der Waals surface area contributed by atoms with Crippen LogP contribution in [0.5, 0.6) is 5.75 Å². The molecule has 1 heterocycles. The van der Waals surface area contributed by atoms with E-state index in [2.05, 4.69) is 18.2 Å². The highest BCUT2D eigenvalue weighted by molar-refractivity contribution is 5.40. The number of hydrogen-bond acceptors (Lipinski definition) is 2. The summed E-state index contributed by atoms with van der Waals surface area (Å²) in [5.41, 5.74) is 7.89. The van der Waals surface area contributed by atoms with Gasteiger partial charge in [-0.1, -0.05) is 43.9 Å². The number of nitrogens with two attached hydrogens (primary N) is 1. The number of hydrogen-bond donors (Lipinski definition) is 1. The number of para-hydroxylation sites is 1. The molecule has 0 bridgehead atoms. The molecule has 2 unspecified atom stereocenters. The molecule has 1 aromatic carbocycles. The largest absolute Gasteiger partial charge is 0.493 e. The minimum Gasteiger partial charge on any atom is -0.493 e. The maximum atomic E-state index is 6.56. The van der Waals surface area contributed by atoms with Crippen LogP contribution in [-0.2, 0) is 0 Å². The molecule has 1 fully saturated rings.